The quantitative estimate of drug-likeness (QED) is 0.697. The maximum Gasteiger partial charge on any atom is 0.258 e. The summed E-state index contributed by atoms with van der Waals surface area (Å²) >= 11 is 0. The van der Waals surface area contributed by atoms with Gasteiger partial charge < -0.3 is 14.7 Å². The average molecular weight is 351 g/mol. The van der Waals surface area contributed by atoms with Crippen molar-refractivity contribution in [3.8, 4) is 34.3 Å². The van der Waals surface area contributed by atoms with E-state index in [0.29, 0.717) is 17.3 Å². The Morgan fingerprint density at radius 3 is 2.65 bits per heavy atom. The highest BCUT2D eigenvalue weighted by Crippen LogP contribution is 2.31. The van der Waals surface area contributed by atoms with Gasteiger partial charge in [-0.05, 0) is 62.2 Å². The minimum Gasteiger partial charge on any atom is -0.504 e. The number of rotatable bonds is 4. The Bertz CT molecular complexity index is 930. The second kappa shape index (κ2) is 6.80. The molecule has 2 aromatic carbocycles. The van der Waals surface area contributed by atoms with Crippen molar-refractivity contribution < 1.29 is 14.7 Å². The smallest absolute Gasteiger partial charge is 0.258 e. The lowest BCUT2D eigenvalue weighted by molar-refractivity contribution is 0.331. The number of likely N-dealkylation sites (tertiary alicyclic amines) is 1. The van der Waals surface area contributed by atoms with Gasteiger partial charge in [-0.3, -0.25) is 4.90 Å². The first-order valence-corrected chi connectivity index (χ1v) is 8.79. The van der Waals surface area contributed by atoms with Crippen molar-refractivity contribution in [2.45, 2.75) is 26.3 Å². The molecule has 26 heavy (non-hydrogen) atoms. The zero-order valence-corrected chi connectivity index (χ0v) is 14.6. The molecule has 0 saturated carbocycles. The van der Waals surface area contributed by atoms with Crippen LogP contribution in [0.25, 0.3) is 22.8 Å². The van der Waals surface area contributed by atoms with E-state index in [4.69, 9.17) is 4.52 Å². The molecule has 1 fully saturated rings. The molecule has 1 saturated heterocycles. The molecule has 0 aliphatic carbocycles. The van der Waals surface area contributed by atoms with E-state index in [2.05, 4.69) is 28.0 Å². The molecule has 1 aromatic heterocycles. The predicted molar refractivity (Wildman–Crippen MR) is 97.7 cm³/mol. The van der Waals surface area contributed by atoms with E-state index in [1.165, 1.54) is 30.5 Å². The minimum absolute atomic E-state index is 0.182. The van der Waals surface area contributed by atoms with Gasteiger partial charge in [0.05, 0.1) is 0 Å². The lowest BCUT2D eigenvalue weighted by Crippen LogP contribution is -2.19. The molecule has 2 N–H and O–H groups in total. The SMILES string of the molecule is Cc1c(CN2CCCC2)cccc1-c1noc(-c2ccc(O)c(O)c2)n1. The third-order valence-corrected chi connectivity index (χ3v) is 4.93. The van der Waals surface area contributed by atoms with Gasteiger partial charge in [0.2, 0.25) is 5.82 Å². The fraction of sp³-hybridized carbons (Fsp3) is 0.300. The summed E-state index contributed by atoms with van der Waals surface area (Å²) in [6, 6.07) is 10.6. The van der Waals surface area contributed by atoms with Crippen molar-refractivity contribution in [1.82, 2.24) is 15.0 Å². The van der Waals surface area contributed by atoms with Gasteiger partial charge in [0.25, 0.3) is 5.89 Å². The first-order valence-electron chi connectivity index (χ1n) is 8.79. The second-order valence-electron chi connectivity index (χ2n) is 6.70. The van der Waals surface area contributed by atoms with E-state index in [-0.39, 0.29) is 11.5 Å². The molecule has 0 spiro atoms. The van der Waals surface area contributed by atoms with Crippen molar-refractivity contribution in [3.63, 3.8) is 0 Å². The molecule has 2 heterocycles. The Hall–Kier alpha value is -2.86. The molecule has 0 atom stereocenters. The second-order valence-corrected chi connectivity index (χ2v) is 6.70. The first kappa shape index (κ1) is 16.6. The van der Waals surface area contributed by atoms with E-state index >= 15 is 0 Å². The van der Waals surface area contributed by atoms with Gasteiger partial charge in [-0.15, -0.1) is 0 Å². The largest absolute Gasteiger partial charge is 0.504 e. The number of phenols is 2. The average Bonchev–Trinajstić information content (AvgIpc) is 3.31. The molecular weight excluding hydrogens is 330 g/mol. The highest BCUT2D eigenvalue weighted by molar-refractivity contribution is 5.65. The number of nitrogens with zero attached hydrogens (tertiary/aromatic N) is 3. The topological polar surface area (TPSA) is 82.6 Å². The van der Waals surface area contributed by atoms with Crippen LogP contribution >= 0.6 is 0 Å². The fourth-order valence-corrected chi connectivity index (χ4v) is 3.39. The summed E-state index contributed by atoms with van der Waals surface area (Å²) in [6.45, 7) is 5.33. The van der Waals surface area contributed by atoms with Crippen molar-refractivity contribution in [2.24, 2.45) is 0 Å². The standard InChI is InChI=1S/C20H21N3O3/c1-13-15(12-23-9-2-3-10-23)5-4-6-16(13)19-21-20(26-22-19)14-7-8-17(24)18(25)11-14/h4-8,11,24-25H,2-3,9-10,12H2,1H3. The molecule has 134 valence electrons. The highest BCUT2D eigenvalue weighted by atomic mass is 16.5. The monoisotopic (exact) mass is 351 g/mol. The summed E-state index contributed by atoms with van der Waals surface area (Å²) in [5.41, 5.74) is 3.93. The molecule has 4 rings (SSSR count). The van der Waals surface area contributed by atoms with Crippen LogP contribution < -0.4 is 0 Å². The van der Waals surface area contributed by atoms with Crippen molar-refractivity contribution in [1.29, 1.82) is 0 Å². The number of hydrogen-bond acceptors (Lipinski definition) is 6. The third kappa shape index (κ3) is 3.15. The van der Waals surface area contributed by atoms with Crippen LogP contribution in [0.15, 0.2) is 40.9 Å². The fourth-order valence-electron chi connectivity index (χ4n) is 3.39. The molecule has 0 amide bonds. The van der Waals surface area contributed by atoms with Crippen molar-refractivity contribution in [3.05, 3.63) is 47.5 Å². The van der Waals surface area contributed by atoms with Crippen molar-refractivity contribution in [2.75, 3.05) is 13.1 Å². The number of phenolic OH excluding ortho intramolecular Hbond substituents is 2. The van der Waals surface area contributed by atoms with Crippen LogP contribution in [0, 0.1) is 6.92 Å². The van der Waals surface area contributed by atoms with Crippen molar-refractivity contribution >= 4 is 0 Å². The molecule has 0 unspecified atom stereocenters. The van der Waals surface area contributed by atoms with Gasteiger partial charge >= 0.3 is 0 Å². The van der Waals surface area contributed by atoms with Gasteiger partial charge in [-0.2, -0.15) is 4.98 Å². The zero-order valence-electron chi connectivity index (χ0n) is 14.6. The Balaban J connectivity index is 1.63. The predicted octanol–water partition coefficient (Wildman–Crippen LogP) is 3.72. The number of aromatic nitrogens is 2. The molecule has 0 radical (unpaired) electrons. The Kier molecular flexibility index (Phi) is 4.34. The van der Waals surface area contributed by atoms with E-state index in [1.54, 1.807) is 6.07 Å². The van der Waals surface area contributed by atoms with Crippen LogP contribution in [0.1, 0.15) is 24.0 Å². The Morgan fingerprint density at radius 2 is 1.88 bits per heavy atom. The summed E-state index contributed by atoms with van der Waals surface area (Å²) in [5, 5.41) is 23.2. The van der Waals surface area contributed by atoms with Crippen LogP contribution in [-0.2, 0) is 6.54 Å². The Labute approximate surface area is 151 Å². The number of benzene rings is 2. The lowest BCUT2D eigenvalue weighted by atomic mass is 10.0. The first-order chi connectivity index (χ1) is 12.6. The molecule has 6 nitrogen and oxygen atoms in total. The van der Waals surface area contributed by atoms with Gasteiger partial charge in [-0.25, -0.2) is 0 Å². The summed E-state index contributed by atoms with van der Waals surface area (Å²) < 4.78 is 5.36. The van der Waals surface area contributed by atoms with Crippen LogP contribution in [0.2, 0.25) is 0 Å². The highest BCUT2D eigenvalue weighted by Gasteiger charge is 2.17. The normalized spacial score (nSPS) is 14.8. The van der Waals surface area contributed by atoms with E-state index in [9.17, 15) is 10.2 Å². The molecule has 0 bridgehead atoms. The van der Waals surface area contributed by atoms with Gasteiger partial charge in [-0.1, -0.05) is 23.4 Å². The molecule has 1 aliphatic rings. The number of hydrogen-bond donors (Lipinski definition) is 2. The van der Waals surface area contributed by atoms with Crippen LogP contribution in [-0.4, -0.2) is 38.3 Å². The molecular formula is C20H21N3O3. The van der Waals surface area contributed by atoms with Gasteiger partial charge in [0.1, 0.15) is 0 Å². The van der Waals surface area contributed by atoms with Crippen LogP contribution in [0.5, 0.6) is 11.5 Å². The molecule has 6 heteroatoms. The lowest BCUT2D eigenvalue weighted by Gasteiger charge is -2.17. The summed E-state index contributed by atoms with van der Waals surface area (Å²) in [6.07, 6.45) is 2.54. The molecule has 1 aliphatic heterocycles. The summed E-state index contributed by atoms with van der Waals surface area (Å²) in [5.74, 6) is 0.429. The number of aromatic hydroxyl groups is 2. The third-order valence-electron chi connectivity index (χ3n) is 4.93. The maximum absolute atomic E-state index is 9.66. The van der Waals surface area contributed by atoms with Crippen LogP contribution in [0.4, 0.5) is 0 Å². The van der Waals surface area contributed by atoms with Gasteiger partial charge in [0, 0.05) is 17.7 Å². The van der Waals surface area contributed by atoms with E-state index < -0.39 is 0 Å². The Morgan fingerprint density at radius 1 is 1.08 bits per heavy atom. The zero-order chi connectivity index (χ0) is 18.1. The summed E-state index contributed by atoms with van der Waals surface area (Å²) in [4.78, 5) is 6.94. The summed E-state index contributed by atoms with van der Waals surface area (Å²) in [7, 11) is 0. The van der Waals surface area contributed by atoms with E-state index in [0.717, 1.165) is 30.8 Å². The maximum atomic E-state index is 9.66. The van der Waals surface area contributed by atoms with Gasteiger partial charge in [0.15, 0.2) is 11.5 Å². The van der Waals surface area contributed by atoms with Crippen LogP contribution in [0.3, 0.4) is 0 Å². The van der Waals surface area contributed by atoms with E-state index in [1.807, 2.05) is 12.1 Å². The molecule has 3 aromatic rings. The minimum atomic E-state index is -0.217.